The molecule has 0 bridgehead atoms. The van der Waals surface area contributed by atoms with Crippen LogP contribution in [0.5, 0.6) is 5.75 Å². The van der Waals surface area contributed by atoms with Gasteiger partial charge in [-0.1, -0.05) is 18.2 Å². The molecular weight excluding hydrogens is 380 g/mol. The fourth-order valence-electron chi connectivity index (χ4n) is 3.43. The van der Waals surface area contributed by atoms with Gasteiger partial charge in [-0.3, -0.25) is 0 Å². The topological polar surface area (TPSA) is 102 Å². The number of phenolic OH excluding ortho intramolecular Hbond substituents is 1. The zero-order chi connectivity index (χ0) is 19.0. The number of carbonyl (C=O) groups is 1. The summed E-state index contributed by atoms with van der Waals surface area (Å²) in [5.41, 5.74) is 7.62. The van der Waals surface area contributed by atoms with E-state index in [1.165, 1.54) is 0 Å². The van der Waals surface area contributed by atoms with Crippen molar-refractivity contribution in [3.8, 4) is 17.1 Å². The minimum Gasteiger partial charge on any atom is -0.507 e. The molecule has 0 saturated carbocycles. The second kappa shape index (κ2) is 7.90. The molecule has 1 aliphatic rings. The van der Waals surface area contributed by atoms with Crippen LogP contribution in [0, 0.1) is 6.92 Å². The molecule has 4 rings (SSSR count). The second-order valence-electron chi connectivity index (χ2n) is 6.70. The minimum atomic E-state index is -0.764. The Morgan fingerprint density at radius 3 is 2.79 bits per heavy atom. The Hall–Kier alpha value is -3.06. The molecule has 2 heterocycles. The van der Waals surface area contributed by atoms with Crippen LogP contribution in [-0.4, -0.2) is 40.4 Å². The van der Waals surface area contributed by atoms with E-state index in [-0.39, 0.29) is 24.3 Å². The zero-order valence-electron chi connectivity index (χ0n) is 15.3. The Morgan fingerprint density at radius 2 is 2.04 bits per heavy atom. The number of aromatic hydroxyl groups is 1. The molecule has 1 amide bonds. The SMILES string of the molecule is Cc1ccc2c(N3CCC(OC(N)=O)C3)nc(-c3ccccc3O)nc2c1.Cl. The van der Waals surface area contributed by atoms with Gasteiger partial charge in [-0.15, -0.1) is 12.4 Å². The van der Waals surface area contributed by atoms with Crippen molar-refractivity contribution >= 4 is 35.2 Å². The van der Waals surface area contributed by atoms with Crippen LogP contribution in [0.15, 0.2) is 42.5 Å². The van der Waals surface area contributed by atoms with Crippen molar-refractivity contribution in [2.75, 3.05) is 18.0 Å². The van der Waals surface area contributed by atoms with Gasteiger partial charge >= 0.3 is 6.09 Å². The highest BCUT2D eigenvalue weighted by molar-refractivity contribution is 5.92. The molecular formula is C20H21ClN4O3. The number of ether oxygens (including phenoxy) is 1. The molecule has 1 aromatic heterocycles. The molecule has 0 aliphatic carbocycles. The van der Waals surface area contributed by atoms with Crippen molar-refractivity contribution < 1.29 is 14.6 Å². The molecule has 2 aromatic carbocycles. The summed E-state index contributed by atoms with van der Waals surface area (Å²) < 4.78 is 5.14. The lowest BCUT2D eigenvalue weighted by Gasteiger charge is -2.20. The normalized spacial score (nSPS) is 16.0. The van der Waals surface area contributed by atoms with E-state index in [1.807, 2.05) is 31.2 Å². The molecule has 8 heteroatoms. The molecule has 7 nitrogen and oxygen atoms in total. The highest BCUT2D eigenvalue weighted by atomic mass is 35.5. The molecule has 1 fully saturated rings. The fourth-order valence-corrected chi connectivity index (χ4v) is 3.43. The van der Waals surface area contributed by atoms with E-state index < -0.39 is 6.09 Å². The van der Waals surface area contributed by atoms with Crippen LogP contribution in [0.3, 0.4) is 0 Å². The van der Waals surface area contributed by atoms with Gasteiger partial charge in [0, 0.05) is 18.4 Å². The van der Waals surface area contributed by atoms with Gasteiger partial charge in [0.1, 0.15) is 17.7 Å². The number of aromatic nitrogens is 2. The van der Waals surface area contributed by atoms with E-state index >= 15 is 0 Å². The van der Waals surface area contributed by atoms with Crippen molar-refractivity contribution in [1.29, 1.82) is 0 Å². The Balaban J connectivity index is 0.00000225. The van der Waals surface area contributed by atoms with E-state index in [1.54, 1.807) is 18.2 Å². The van der Waals surface area contributed by atoms with E-state index in [0.717, 1.165) is 22.3 Å². The summed E-state index contributed by atoms with van der Waals surface area (Å²) in [6, 6.07) is 13.0. The van der Waals surface area contributed by atoms with E-state index in [4.69, 9.17) is 15.5 Å². The number of nitrogens with zero attached hydrogens (tertiary/aromatic N) is 3. The Labute approximate surface area is 168 Å². The molecule has 1 atom stereocenters. The molecule has 3 aromatic rings. The number of benzene rings is 2. The molecule has 28 heavy (non-hydrogen) atoms. The van der Waals surface area contributed by atoms with E-state index in [9.17, 15) is 9.90 Å². The fraction of sp³-hybridized carbons (Fsp3) is 0.250. The minimum absolute atomic E-state index is 0. The van der Waals surface area contributed by atoms with Crippen LogP contribution in [0.25, 0.3) is 22.3 Å². The lowest BCUT2D eigenvalue weighted by Crippen LogP contribution is -2.27. The van der Waals surface area contributed by atoms with Gasteiger partial charge in [0.15, 0.2) is 5.82 Å². The van der Waals surface area contributed by atoms with Gasteiger partial charge < -0.3 is 20.5 Å². The third-order valence-electron chi connectivity index (χ3n) is 4.70. The third-order valence-corrected chi connectivity index (χ3v) is 4.70. The number of aryl methyl sites for hydroxylation is 1. The van der Waals surface area contributed by atoms with Gasteiger partial charge in [0.05, 0.1) is 17.6 Å². The van der Waals surface area contributed by atoms with E-state index in [2.05, 4.69) is 9.88 Å². The van der Waals surface area contributed by atoms with Crippen molar-refractivity contribution in [3.63, 3.8) is 0 Å². The largest absolute Gasteiger partial charge is 0.507 e. The van der Waals surface area contributed by atoms with Gasteiger partial charge in [-0.25, -0.2) is 14.8 Å². The Kier molecular flexibility index (Phi) is 5.56. The van der Waals surface area contributed by atoms with Crippen LogP contribution in [0.2, 0.25) is 0 Å². The zero-order valence-corrected chi connectivity index (χ0v) is 16.1. The van der Waals surface area contributed by atoms with Gasteiger partial charge in [-0.2, -0.15) is 0 Å². The molecule has 1 saturated heterocycles. The van der Waals surface area contributed by atoms with Crippen molar-refractivity contribution in [1.82, 2.24) is 9.97 Å². The number of hydrogen-bond acceptors (Lipinski definition) is 6. The molecule has 146 valence electrons. The Morgan fingerprint density at radius 1 is 1.25 bits per heavy atom. The number of rotatable bonds is 3. The van der Waals surface area contributed by atoms with Crippen LogP contribution in [0.1, 0.15) is 12.0 Å². The lowest BCUT2D eigenvalue weighted by atomic mass is 10.1. The number of primary amides is 1. The quantitative estimate of drug-likeness (QED) is 0.698. The second-order valence-corrected chi connectivity index (χ2v) is 6.70. The van der Waals surface area contributed by atoms with Crippen molar-refractivity contribution in [2.24, 2.45) is 5.73 Å². The van der Waals surface area contributed by atoms with Crippen LogP contribution in [0.4, 0.5) is 10.6 Å². The first-order chi connectivity index (χ1) is 13.0. The molecule has 0 radical (unpaired) electrons. The average Bonchev–Trinajstić information content (AvgIpc) is 3.08. The summed E-state index contributed by atoms with van der Waals surface area (Å²) in [5.74, 6) is 1.35. The number of carbonyl (C=O) groups excluding carboxylic acids is 1. The number of hydrogen-bond donors (Lipinski definition) is 2. The molecule has 1 aliphatic heterocycles. The van der Waals surface area contributed by atoms with Crippen LogP contribution < -0.4 is 10.6 Å². The molecule has 0 spiro atoms. The predicted molar refractivity (Wildman–Crippen MR) is 110 cm³/mol. The van der Waals surface area contributed by atoms with Crippen LogP contribution >= 0.6 is 12.4 Å². The summed E-state index contributed by atoms with van der Waals surface area (Å²) in [7, 11) is 0. The number of fused-ring (bicyclic) bond motifs is 1. The summed E-state index contributed by atoms with van der Waals surface area (Å²) in [6.45, 7) is 3.22. The average molecular weight is 401 g/mol. The summed E-state index contributed by atoms with van der Waals surface area (Å²) in [6.07, 6.45) is -0.335. The smallest absolute Gasteiger partial charge is 0.404 e. The number of halogens is 1. The van der Waals surface area contributed by atoms with Gasteiger partial charge in [0.25, 0.3) is 0 Å². The third kappa shape index (κ3) is 3.80. The maximum absolute atomic E-state index is 11.1. The maximum atomic E-state index is 11.1. The lowest BCUT2D eigenvalue weighted by molar-refractivity contribution is 0.117. The molecule has 3 N–H and O–H groups in total. The Bertz CT molecular complexity index is 1030. The highest BCUT2D eigenvalue weighted by Gasteiger charge is 2.28. The predicted octanol–water partition coefficient (Wildman–Crippen LogP) is 3.41. The summed E-state index contributed by atoms with van der Waals surface area (Å²) in [4.78, 5) is 22.5. The number of para-hydroxylation sites is 1. The highest BCUT2D eigenvalue weighted by Crippen LogP contribution is 2.33. The molecule has 1 unspecified atom stereocenters. The number of anilines is 1. The van der Waals surface area contributed by atoms with Crippen molar-refractivity contribution in [2.45, 2.75) is 19.4 Å². The van der Waals surface area contributed by atoms with Crippen molar-refractivity contribution in [3.05, 3.63) is 48.0 Å². The number of phenols is 1. The van der Waals surface area contributed by atoms with Gasteiger partial charge in [0.2, 0.25) is 0 Å². The first kappa shape index (κ1) is 19.7. The maximum Gasteiger partial charge on any atom is 0.404 e. The van der Waals surface area contributed by atoms with E-state index in [0.29, 0.717) is 30.9 Å². The number of amides is 1. The first-order valence-corrected chi connectivity index (χ1v) is 8.79. The van der Waals surface area contributed by atoms with Gasteiger partial charge in [-0.05, 0) is 36.8 Å². The first-order valence-electron chi connectivity index (χ1n) is 8.79. The summed E-state index contributed by atoms with van der Waals surface area (Å²) >= 11 is 0. The number of nitrogens with two attached hydrogens (primary N) is 1. The monoisotopic (exact) mass is 400 g/mol. The summed E-state index contributed by atoms with van der Waals surface area (Å²) in [5, 5.41) is 11.1. The standard InChI is InChI=1S/C20H20N4O3.ClH/c1-12-6-7-14-16(10-12)22-18(15-4-2-3-5-17(15)25)23-19(14)24-9-8-13(11-24)27-20(21)26;/h2-7,10,13,25H,8-9,11H2,1H3,(H2,21,26);1H. The van der Waals surface area contributed by atoms with Crippen LogP contribution in [-0.2, 0) is 4.74 Å².